The molecule has 0 unspecified atom stereocenters. The van der Waals surface area contributed by atoms with E-state index in [1.54, 1.807) is 0 Å². The van der Waals surface area contributed by atoms with Gasteiger partial charge in [0.05, 0.1) is 12.5 Å². The van der Waals surface area contributed by atoms with Gasteiger partial charge in [-0.25, -0.2) is 0 Å². The van der Waals surface area contributed by atoms with Gasteiger partial charge in [-0.2, -0.15) is 0 Å². The highest BCUT2D eigenvalue weighted by Gasteiger charge is 2.28. The Morgan fingerprint density at radius 2 is 1.85 bits per heavy atom. The van der Waals surface area contributed by atoms with Gasteiger partial charge in [-0.1, -0.05) is 6.92 Å². The van der Waals surface area contributed by atoms with Gasteiger partial charge in [-0.15, -0.1) is 0 Å². The lowest BCUT2D eigenvalue weighted by Crippen LogP contribution is -2.38. The van der Waals surface area contributed by atoms with Crippen molar-refractivity contribution < 1.29 is 14.3 Å². The normalized spacial score (nSPS) is 18.1. The molecule has 116 valence electrons. The van der Waals surface area contributed by atoms with Gasteiger partial charge in [0.15, 0.2) is 5.88 Å². The van der Waals surface area contributed by atoms with Crippen LogP contribution in [0.5, 0.6) is 0 Å². The summed E-state index contributed by atoms with van der Waals surface area (Å²) in [6, 6.07) is 0. The second-order valence-corrected chi connectivity index (χ2v) is 6.18. The number of carbonyl (C=O) groups excluding carboxylic acids is 1. The molecule has 1 fully saturated rings. The molecule has 0 saturated carbocycles. The van der Waals surface area contributed by atoms with Gasteiger partial charge >= 0.3 is 5.97 Å². The van der Waals surface area contributed by atoms with Crippen LogP contribution in [-0.4, -0.2) is 36.2 Å². The van der Waals surface area contributed by atoms with Crippen molar-refractivity contribution in [3.8, 4) is 0 Å². The molecule has 0 N–H and O–H groups in total. The fraction of sp³-hybridized carbons (Fsp3) is 0.812. The van der Waals surface area contributed by atoms with Crippen LogP contribution in [0.4, 0.5) is 0 Å². The first-order valence-electron chi connectivity index (χ1n) is 7.68. The number of hydrogen-bond donors (Lipinski definition) is 0. The zero-order valence-corrected chi connectivity index (χ0v) is 13.6. The van der Waals surface area contributed by atoms with Crippen molar-refractivity contribution in [3.63, 3.8) is 0 Å². The number of piperidine rings is 1. The molecule has 1 saturated heterocycles. The minimum Gasteiger partial charge on any atom is -0.474 e. The molecule has 4 nitrogen and oxygen atoms in total. The fourth-order valence-corrected chi connectivity index (χ4v) is 2.32. The first-order valence-corrected chi connectivity index (χ1v) is 7.68. The van der Waals surface area contributed by atoms with Gasteiger partial charge < -0.3 is 14.4 Å². The summed E-state index contributed by atoms with van der Waals surface area (Å²) in [6.07, 6.45) is 4.75. The molecule has 1 aliphatic heterocycles. The number of carbonyl (C=O) groups is 1. The molecule has 1 aliphatic rings. The molecule has 0 aromatic rings. The first-order chi connectivity index (χ1) is 9.37. The summed E-state index contributed by atoms with van der Waals surface area (Å²) in [5.41, 5.74) is -0.195. The minimum atomic E-state index is -0.195. The quantitative estimate of drug-likeness (QED) is 0.573. The van der Waals surface area contributed by atoms with E-state index in [0.717, 1.165) is 38.2 Å². The maximum atomic E-state index is 11.7. The van der Waals surface area contributed by atoms with E-state index >= 15 is 0 Å². The Morgan fingerprint density at radius 3 is 2.30 bits per heavy atom. The lowest BCUT2D eigenvalue weighted by molar-refractivity contribution is -0.149. The Labute approximate surface area is 123 Å². The summed E-state index contributed by atoms with van der Waals surface area (Å²) < 4.78 is 11.1. The Morgan fingerprint density at radius 1 is 1.25 bits per heavy atom. The third-order valence-corrected chi connectivity index (χ3v) is 3.22. The summed E-state index contributed by atoms with van der Waals surface area (Å²) in [6.45, 7) is 12.3. The standard InChI is InChI=1S/C16H29NO3/c1-6-8-14(20-16(3,4)5)17-11-9-13(10-12-17)15(18)19-7-2/h8,13H,6-7,9-12H2,1-5H3/b14-8-. The SMILES string of the molecule is CC/C=C(\OC(C)(C)C)N1CCC(C(=O)OCC)CC1. The third kappa shape index (κ3) is 5.43. The van der Waals surface area contributed by atoms with Gasteiger partial charge in [0.25, 0.3) is 0 Å². The molecule has 0 aliphatic carbocycles. The van der Waals surface area contributed by atoms with Crippen molar-refractivity contribution in [2.75, 3.05) is 19.7 Å². The highest BCUT2D eigenvalue weighted by Crippen LogP contribution is 2.25. The number of likely N-dealkylation sites (tertiary alicyclic amines) is 1. The zero-order chi connectivity index (χ0) is 15.2. The van der Waals surface area contributed by atoms with Crippen LogP contribution in [0.25, 0.3) is 0 Å². The number of ether oxygens (including phenoxy) is 2. The highest BCUT2D eigenvalue weighted by molar-refractivity contribution is 5.72. The molecule has 4 heteroatoms. The largest absolute Gasteiger partial charge is 0.474 e. The van der Waals surface area contributed by atoms with Crippen molar-refractivity contribution in [2.24, 2.45) is 5.92 Å². The zero-order valence-electron chi connectivity index (χ0n) is 13.6. The van der Waals surface area contributed by atoms with Crippen LogP contribution < -0.4 is 0 Å². The maximum absolute atomic E-state index is 11.7. The van der Waals surface area contributed by atoms with Crippen molar-refractivity contribution in [1.82, 2.24) is 4.90 Å². The average molecular weight is 283 g/mol. The molecule has 20 heavy (non-hydrogen) atoms. The average Bonchev–Trinajstić information content (AvgIpc) is 2.37. The van der Waals surface area contributed by atoms with Crippen molar-refractivity contribution in [3.05, 3.63) is 12.0 Å². The predicted molar refractivity (Wildman–Crippen MR) is 80.1 cm³/mol. The van der Waals surface area contributed by atoms with E-state index in [1.165, 1.54) is 0 Å². The molecule has 1 rings (SSSR count). The van der Waals surface area contributed by atoms with E-state index in [4.69, 9.17) is 9.47 Å². The summed E-state index contributed by atoms with van der Waals surface area (Å²) >= 11 is 0. The number of hydrogen-bond acceptors (Lipinski definition) is 4. The molecular weight excluding hydrogens is 254 g/mol. The predicted octanol–water partition coefficient (Wildman–Crippen LogP) is 3.33. The van der Waals surface area contributed by atoms with Crippen LogP contribution in [0.2, 0.25) is 0 Å². The lowest BCUT2D eigenvalue weighted by Gasteiger charge is -2.36. The van der Waals surface area contributed by atoms with Crippen LogP contribution in [0.15, 0.2) is 12.0 Å². The second kappa shape index (κ2) is 7.55. The van der Waals surface area contributed by atoms with E-state index in [1.807, 2.05) is 6.92 Å². The van der Waals surface area contributed by atoms with Crippen LogP contribution in [0, 0.1) is 5.92 Å². The summed E-state index contributed by atoms with van der Waals surface area (Å²) in [7, 11) is 0. The van der Waals surface area contributed by atoms with Crippen LogP contribution in [0.1, 0.15) is 53.9 Å². The number of nitrogens with zero attached hydrogens (tertiary/aromatic N) is 1. The molecule has 0 spiro atoms. The Hall–Kier alpha value is -1.19. The topological polar surface area (TPSA) is 38.8 Å². The summed E-state index contributed by atoms with van der Waals surface area (Å²) in [4.78, 5) is 14.0. The number of rotatable bonds is 5. The number of allylic oxidation sites excluding steroid dienone is 1. The molecular formula is C16H29NO3. The van der Waals surface area contributed by atoms with Crippen LogP contribution >= 0.6 is 0 Å². The van der Waals surface area contributed by atoms with Gasteiger partial charge in [0.1, 0.15) is 5.60 Å². The van der Waals surface area contributed by atoms with Crippen LogP contribution in [-0.2, 0) is 14.3 Å². The van der Waals surface area contributed by atoms with E-state index in [2.05, 4.69) is 38.7 Å². The van der Waals surface area contributed by atoms with E-state index < -0.39 is 0 Å². The minimum absolute atomic E-state index is 0.0451. The molecule has 0 radical (unpaired) electrons. The Kier molecular flexibility index (Phi) is 6.37. The lowest BCUT2D eigenvalue weighted by atomic mass is 9.97. The summed E-state index contributed by atoms with van der Waals surface area (Å²) in [5, 5.41) is 0. The number of esters is 1. The molecule has 0 aromatic carbocycles. The van der Waals surface area contributed by atoms with Crippen molar-refractivity contribution >= 4 is 5.97 Å². The fourth-order valence-electron chi connectivity index (χ4n) is 2.32. The third-order valence-electron chi connectivity index (χ3n) is 3.22. The smallest absolute Gasteiger partial charge is 0.309 e. The van der Waals surface area contributed by atoms with Gasteiger partial charge in [-0.05, 0) is 53.0 Å². The van der Waals surface area contributed by atoms with Gasteiger partial charge in [0, 0.05) is 13.1 Å². The van der Waals surface area contributed by atoms with E-state index in [9.17, 15) is 4.79 Å². The molecule has 0 aromatic heterocycles. The first kappa shape index (κ1) is 16.9. The highest BCUT2D eigenvalue weighted by atomic mass is 16.5. The molecule has 0 atom stereocenters. The molecule has 1 heterocycles. The molecule has 0 amide bonds. The Bertz CT molecular complexity index is 336. The summed E-state index contributed by atoms with van der Waals surface area (Å²) in [5.74, 6) is 0.941. The Balaban J connectivity index is 2.57. The van der Waals surface area contributed by atoms with Crippen LogP contribution in [0.3, 0.4) is 0 Å². The molecule has 0 bridgehead atoms. The van der Waals surface area contributed by atoms with Crippen molar-refractivity contribution in [1.29, 1.82) is 0 Å². The van der Waals surface area contributed by atoms with Crippen molar-refractivity contribution in [2.45, 2.75) is 59.5 Å². The maximum Gasteiger partial charge on any atom is 0.309 e. The van der Waals surface area contributed by atoms with Gasteiger partial charge in [-0.3, -0.25) is 4.79 Å². The van der Waals surface area contributed by atoms with E-state index in [-0.39, 0.29) is 17.5 Å². The van der Waals surface area contributed by atoms with E-state index in [0.29, 0.717) is 6.61 Å². The second-order valence-electron chi connectivity index (χ2n) is 6.18. The van der Waals surface area contributed by atoms with Gasteiger partial charge in [0.2, 0.25) is 0 Å². The monoisotopic (exact) mass is 283 g/mol.